The zero-order valence-electron chi connectivity index (χ0n) is 9.95. The summed E-state index contributed by atoms with van der Waals surface area (Å²) in [4.78, 5) is 19.7. The van der Waals surface area contributed by atoms with Gasteiger partial charge in [0.05, 0.1) is 0 Å². The fourth-order valence-electron chi connectivity index (χ4n) is 1.13. The molecular formula is C11H18N4O. The Bertz CT molecular complexity index is 336. The van der Waals surface area contributed by atoms with Crippen LogP contribution in [0.2, 0.25) is 0 Å². The van der Waals surface area contributed by atoms with Gasteiger partial charge in [-0.25, -0.2) is 9.97 Å². The quantitative estimate of drug-likeness (QED) is 0.783. The van der Waals surface area contributed by atoms with Crippen molar-refractivity contribution < 1.29 is 4.79 Å². The minimum absolute atomic E-state index is 0.0361. The van der Waals surface area contributed by atoms with Crippen molar-refractivity contribution in [2.75, 3.05) is 11.9 Å². The lowest BCUT2D eigenvalue weighted by Gasteiger charge is -2.13. The molecule has 2 N–H and O–H groups in total. The standard InChI is InChI=1S/C11H18N4O/c1-4-5-12-10(16)9(3)15-11-13-6-8(2)7-14-11/h6-7,9H,4-5H2,1-3H3,(H,12,16)(H,13,14,15). The minimum Gasteiger partial charge on any atom is -0.354 e. The second-order valence-electron chi connectivity index (χ2n) is 3.74. The van der Waals surface area contributed by atoms with Crippen molar-refractivity contribution in [2.24, 2.45) is 0 Å². The van der Waals surface area contributed by atoms with E-state index in [1.165, 1.54) is 0 Å². The van der Waals surface area contributed by atoms with Gasteiger partial charge in [0, 0.05) is 18.9 Å². The Morgan fingerprint density at radius 3 is 2.62 bits per heavy atom. The second kappa shape index (κ2) is 6.05. The van der Waals surface area contributed by atoms with E-state index in [-0.39, 0.29) is 11.9 Å². The van der Waals surface area contributed by atoms with Crippen LogP contribution in [0.1, 0.15) is 25.8 Å². The molecule has 5 nitrogen and oxygen atoms in total. The van der Waals surface area contributed by atoms with Crippen molar-refractivity contribution in [1.82, 2.24) is 15.3 Å². The van der Waals surface area contributed by atoms with E-state index in [9.17, 15) is 4.79 Å². The smallest absolute Gasteiger partial charge is 0.242 e. The number of aryl methyl sites for hydroxylation is 1. The summed E-state index contributed by atoms with van der Waals surface area (Å²) in [5.74, 6) is 0.441. The Labute approximate surface area is 95.7 Å². The molecule has 0 aliphatic heterocycles. The van der Waals surface area contributed by atoms with Crippen molar-refractivity contribution in [3.63, 3.8) is 0 Å². The van der Waals surface area contributed by atoms with Crippen LogP contribution in [-0.4, -0.2) is 28.5 Å². The van der Waals surface area contributed by atoms with Gasteiger partial charge in [-0.15, -0.1) is 0 Å². The zero-order chi connectivity index (χ0) is 12.0. The Hall–Kier alpha value is -1.65. The van der Waals surface area contributed by atoms with Crippen LogP contribution in [0.5, 0.6) is 0 Å². The molecule has 1 heterocycles. The molecule has 0 aromatic carbocycles. The van der Waals surface area contributed by atoms with Crippen LogP contribution in [0, 0.1) is 6.92 Å². The average Bonchev–Trinajstić information content (AvgIpc) is 2.29. The average molecular weight is 222 g/mol. The lowest BCUT2D eigenvalue weighted by molar-refractivity contribution is -0.121. The van der Waals surface area contributed by atoms with Gasteiger partial charge >= 0.3 is 0 Å². The maximum absolute atomic E-state index is 11.5. The lowest BCUT2D eigenvalue weighted by atomic mass is 10.3. The van der Waals surface area contributed by atoms with Crippen LogP contribution in [0.15, 0.2) is 12.4 Å². The predicted molar refractivity (Wildman–Crippen MR) is 63.2 cm³/mol. The summed E-state index contributed by atoms with van der Waals surface area (Å²) in [5, 5.41) is 5.75. The van der Waals surface area contributed by atoms with Crippen LogP contribution >= 0.6 is 0 Å². The van der Waals surface area contributed by atoms with E-state index in [1.54, 1.807) is 19.3 Å². The predicted octanol–water partition coefficient (Wildman–Crippen LogP) is 1.11. The molecule has 0 aliphatic carbocycles. The van der Waals surface area contributed by atoms with Gasteiger partial charge in [0.1, 0.15) is 6.04 Å². The monoisotopic (exact) mass is 222 g/mol. The number of nitrogens with one attached hydrogen (secondary N) is 2. The summed E-state index contributed by atoms with van der Waals surface area (Å²) in [5.41, 5.74) is 0.994. The molecule has 0 radical (unpaired) electrons. The highest BCUT2D eigenvalue weighted by molar-refractivity contribution is 5.83. The maximum Gasteiger partial charge on any atom is 0.242 e. The fraction of sp³-hybridized carbons (Fsp3) is 0.545. The van der Waals surface area contributed by atoms with Gasteiger partial charge in [-0.05, 0) is 25.8 Å². The number of hydrogen-bond donors (Lipinski definition) is 2. The van der Waals surface area contributed by atoms with E-state index < -0.39 is 0 Å². The number of carbonyl (C=O) groups is 1. The number of anilines is 1. The van der Waals surface area contributed by atoms with Gasteiger partial charge in [-0.1, -0.05) is 6.92 Å². The zero-order valence-corrected chi connectivity index (χ0v) is 9.95. The molecule has 0 fully saturated rings. The molecule has 0 bridgehead atoms. The third kappa shape index (κ3) is 3.84. The maximum atomic E-state index is 11.5. The SMILES string of the molecule is CCCNC(=O)C(C)Nc1ncc(C)cn1. The number of rotatable bonds is 5. The highest BCUT2D eigenvalue weighted by atomic mass is 16.2. The molecule has 0 saturated heterocycles. The Morgan fingerprint density at radius 1 is 1.44 bits per heavy atom. The van der Waals surface area contributed by atoms with Crippen LogP contribution in [0.4, 0.5) is 5.95 Å². The molecule has 1 unspecified atom stereocenters. The normalized spacial score (nSPS) is 11.9. The van der Waals surface area contributed by atoms with Crippen LogP contribution in [-0.2, 0) is 4.79 Å². The molecule has 88 valence electrons. The molecule has 0 spiro atoms. The summed E-state index contributed by atoms with van der Waals surface area (Å²) in [7, 11) is 0. The van der Waals surface area contributed by atoms with Gasteiger partial charge in [0.25, 0.3) is 0 Å². The van der Waals surface area contributed by atoms with E-state index in [0.717, 1.165) is 12.0 Å². The number of aromatic nitrogens is 2. The molecule has 1 aromatic rings. The minimum atomic E-state index is -0.325. The molecule has 5 heteroatoms. The van der Waals surface area contributed by atoms with Gasteiger partial charge in [0.15, 0.2) is 0 Å². The molecule has 1 amide bonds. The van der Waals surface area contributed by atoms with E-state index in [4.69, 9.17) is 0 Å². The first-order valence-electron chi connectivity index (χ1n) is 5.46. The van der Waals surface area contributed by atoms with Gasteiger partial charge in [-0.2, -0.15) is 0 Å². The van der Waals surface area contributed by atoms with E-state index in [1.807, 2.05) is 13.8 Å². The summed E-state index contributed by atoms with van der Waals surface area (Å²) in [6, 6.07) is -0.325. The Balaban J connectivity index is 2.47. The first-order valence-corrected chi connectivity index (χ1v) is 5.46. The first-order chi connectivity index (χ1) is 7.63. The Morgan fingerprint density at radius 2 is 2.06 bits per heavy atom. The van der Waals surface area contributed by atoms with Gasteiger partial charge < -0.3 is 10.6 Å². The van der Waals surface area contributed by atoms with Crippen LogP contribution in [0.25, 0.3) is 0 Å². The van der Waals surface area contributed by atoms with Gasteiger partial charge in [-0.3, -0.25) is 4.79 Å². The van der Waals surface area contributed by atoms with Crippen LogP contribution < -0.4 is 10.6 Å². The second-order valence-corrected chi connectivity index (χ2v) is 3.74. The summed E-state index contributed by atoms with van der Waals surface area (Å²) < 4.78 is 0. The highest BCUT2D eigenvalue weighted by Gasteiger charge is 2.12. The van der Waals surface area contributed by atoms with Crippen molar-refractivity contribution in [2.45, 2.75) is 33.2 Å². The number of nitrogens with zero attached hydrogens (tertiary/aromatic N) is 2. The summed E-state index contributed by atoms with van der Waals surface area (Å²) in [6.07, 6.45) is 4.36. The molecule has 16 heavy (non-hydrogen) atoms. The number of hydrogen-bond acceptors (Lipinski definition) is 4. The molecule has 1 rings (SSSR count). The molecule has 0 saturated carbocycles. The third-order valence-electron chi connectivity index (χ3n) is 2.07. The van der Waals surface area contributed by atoms with Crippen molar-refractivity contribution in [3.8, 4) is 0 Å². The van der Waals surface area contributed by atoms with Crippen molar-refractivity contribution in [3.05, 3.63) is 18.0 Å². The topological polar surface area (TPSA) is 66.9 Å². The molecule has 0 aliphatic rings. The van der Waals surface area contributed by atoms with Gasteiger partial charge in [0.2, 0.25) is 11.9 Å². The van der Waals surface area contributed by atoms with E-state index >= 15 is 0 Å². The lowest BCUT2D eigenvalue weighted by Crippen LogP contribution is -2.38. The number of amides is 1. The largest absolute Gasteiger partial charge is 0.354 e. The third-order valence-corrected chi connectivity index (χ3v) is 2.07. The van der Waals surface area contributed by atoms with E-state index in [0.29, 0.717) is 12.5 Å². The Kier molecular flexibility index (Phi) is 4.69. The van der Waals surface area contributed by atoms with Crippen LogP contribution in [0.3, 0.4) is 0 Å². The number of carbonyl (C=O) groups excluding carboxylic acids is 1. The van der Waals surface area contributed by atoms with Crippen molar-refractivity contribution in [1.29, 1.82) is 0 Å². The first kappa shape index (κ1) is 12.4. The highest BCUT2D eigenvalue weighted by Crippen LogP contribution is 2.00. The summed E-state index contributed by atoms with van der Waals surface area (Å²) in [6.45, 7) is 6.41. The summed E-state index contributed by atoms with van der Waals surface area (Å²) >= 11 is 0. The van der Waals surface area contributed by atoms with Crippen molar-refractivity contribution >= 4 is 11.9 Å². The molecule has 1 atom stereocenters. The van der Waals surface area contributed by atoms with E-state index in [2.05, 4.69) is 20.6 Å². The fourth-order valence-corrected chi connectivity index (χ4v) is 1.13. The molecular weight excluding hydrogens is 204 g/mol. The molecule has 1 aromatic heterocycles.